The van der Waals surface area contributed by atoms with Gasteiger partial charge in [-0.3, -0.25) is 9.05 Å². The fourth-order valence-corrected chi connectivity index (χ4v) is 6.67. The Morgan fingerprint density at radius 2 is 0.628 bits per heavy atom. The Labute approximate surface area is 270 Å². The third-order valence-electron chi connectivity index (χ3n) is 8.78. The zero-order valence-electron chi connectivity index (χ0n) is 29.6. The van der Waals surface area contributed by atoms with Crippen molar-refractivity contribution in [3.05, 3.63) is 0 Å². The summed E-state index contributed by atoms with van der Waals surface area (Å²) >= 11 is 0. The highest BCUT2D eigenvalue weighted by Crippen LogP contribution is 2.43. The summed E-state index contributed by atoms with van der Waals surface area (Å²) in [4.78, 5) is 12.7. The van der Waals surface area contributed by atoms with Crippen molar-refractivity contribution in [1.82, 2.24) is 4.90 Å². The van der Waals surface area contributed by atoms with E-state index in [1.165, 1.54) is 180 Å². The molecule has 6 heteroatoms. The topological polar surface area (TPSA) is 59.0 Å². The maximum absolute atomic E-state index is 12.1. The van der Waals surface area contributed by atoms with Gasteiger partial charge in [0.1, 0.15) is 0 Å². The molecule has 0 heterocycles. The SMILES string of the molecule is CCCCCCCCCCCCOP(=O)(O)OCCCCCCCN(CCCCCCCCC)CCCCCCCCC. The molecule has 0 amide bonds. The molecule has 0 aromatic carbocycles. The van der Waals surface area contributed by atoms with Gasteiger partial charge >= 0.3 is 7.82 Å². The van der Waals surface area contributed by atoms with Crippen molar-refractivity contribution in [3.8, 4) is 0 Å². The molecule has 5 nitrogen and oxygen atoms in total. The van der Waals surface area contributed by atoms with Crippen LogP contribution in [-0.4, -0.2) is 42.6 Å². The van der Waals surface area contributed by atoms with Gasteiger partial charge in [0.25, 0.3) is 0 Å². The van der Waals surface area contributed by atoms with Gasteiger partial charge in [0.05, 0.1) is 13.2 Å². The smallest absolute Gasteiger partial charge is 0.303 e. The number of phosphoric ester groups is 1. The molecule has 1 atom stereocenters. The fourth-order valence-electron chi connectivity index (χ4n) is 5.87. The van der Waals surface area contributed by atoms with E-state index >= 15 is 0 Å². The summed E-state index contributed by atoms with van der Waals surface area (Å²) in [6, 6.07) is 0. The second-order valence-electron chi connectivity index (χ2n) is 13.2. The average molecular weight is 632 g/mol. The molecule has 0 saturated heterocycles. The van der Waals surface area contributed by atoms with Crippen molar-refractivity contribution in [2.24, 2.45) is 0 Å². The van der Waals surface area contributed by atoms with E-state index in [-0.39, 0.29) is 0 Å². The summed E-state index contributed by atoms with van der Waals surface area (Å²) in [5.74, 6) is 0. The van der Waals surface area contributed by atoms with Crippen LogP contribution in [0.5, 0.6) is 0 Å². The zero-order chi connectivity index (χ0) is 31.5. The highest BCUT2D eigenvalue weighted by molar-refractivity contribution is 7.47. The van der Waals surface area contributed by atoms with Crippen molar-refractivity contribution >= 4 is 7.82 Å². The predicted octanol–water partition coefficient (Wildman–Crippen LogP) is 12.8. The standard InChI is InChI=1S/C37H78NO4P/c1-4-7-10-13-16-17-18-21-26-31-36-41-43(39,40)42-37-32-27-22-25-30-35-38(33-28-23-19-14-11-8-5-2)34-29-24-20-15-12-9-6-3/h4-37H2,1-3H3,(H,39,40). The van der Waals surface area contributed by atoms with Gasteiger partial charge in [0.15, 0.2) is 0 Å². The van der Waals surface area contributed by atoms with Crippen molar-refractivity contribution < 1.29 is 18.5 Å². The van der Waals surface area contributed by atoms with Crippen molar-refractivity contribution in [1.29, 1.82) is 0 Å². The molecule has 0 aromatic rings. The van der Waals surface area contributed by atoms with E-state index in [1.807, 2.05) is 0 Å². The van der Waals surface area contributed by atoms with Crippen LogP contribution in [0.15, 0.2) is 0 Å². The molecule has 0 bridgehead atoms. The summed E-state index contributed by atoms with van der Waals surface area (Å²) < 4.78 is 22.5. The first-order valence-corrected chi connectivity index (χ1v) is 20.9. The number of unbranched alkanes of at least 4 members (excludes halogenated alkanes) is 25. The number of phosphoric acid groups is 1. The van der Waals surface area contributed by atoms with Crippen molar-refractivity contribution in [3.63, 3.8) is 0 Å². The lowest BCUT2D eigenvalue weighted by molar-refractivity contribution is 0.145. The van der Waals surface area contributed by atoms with E-state index in [4.69, 9.17) is 9.05 Å². The predicted molar refractivity (Wildman–Crippen MR) is 189 cm³/mol. The summed E-state index contributed by atoms with van der Waals surface area (Å²) in [5, 5.41) is 0. The van der Waals surface area contributed by atoms with Crippen LogP contribution in [0.25, 0.3) is 0 Å². The Balaban J connectivity index is 3.85. The van der Waals surface area contributed by atoms with E-state index in [0.29, 0.717) is 13.2 Å². The van der Waals surface area contributed by atoms with Crippen molar-refractivity contribution in [2.75, 3.05) is 32.8 Å². The molecule has 0 rings (SSSR count). The molecule has 0 fully saturated rings. The first-order chi connectivity index (χ1) is 21.1. The molecule has 43 heavy (non-hydrogen) atoms. The van der Waals surface area contributed by atoms with Gasteiger partial charge < -0.3 is 9.79 Å². The number of hydrogen-bond donors (Lipinski definition) is 1. The highest BCUT2D eigenvalue weighted by atomic mass is 31.2. The lowest BCUT2D eigenvalue weighted by atomic mass is 10.1. The summed E-state index contributed by atoms with van der Waals surface area (Å²) in [5.41, 5.74) is 0. The van der Waals surface area contributed by atoms with Crippen LogP contribution < -0.4 is 0 Å². The normalized spacial score (nSPS) is 13.2. The largest absolute Gasteiger partial charge is 0.472 e. The van der Waals surface area contributed by atoms with Gasteiger partial charge in [-0.25, -0.2) is 4.57 Å². The molecule has 0 aliphatic rings. The van der Waals surface area contributed by atoms with Crippen LogP contribution in [0.2, 0.25) is 0 Å². The maximum atomic E-state index is 12.1. The summed E-state index contributed by atoms with van der Waals surface area (Å²) in [6.07, 6.45) is 37.3. The second kappa shape index (κ2) is 34.9. The minimum atomic E-state index is -3.89. The van der Waals surface area contributed by atoms with Gasteiger partial charge in [-0.15, -0.1) is 0 Å². The Morgan fingerprint density at radius 3 is 0.907 bits per heavy atom. The molecular weight excluding hydrogens is 553 g/mol. The van der Waals surface area contributed by atoms with E-state index in [2.05, 4.69) is 25.7 Å². The Bertz CT molecular complexity index is 559. The molecule has 260 valence electrons. The van der Waals surface area contributed by atoms with Gasteiger partial charge in [-0.1, -0.05) is 175 Å². The Hall–Kier alpha value is 0.0700. The van der Waals surface area contributed by atoms with Crippen LogP contribution in [0, 0.1) is 0 Å². The van der Waals surface area contributed by atoms with E-state index < -0.39 is 7.82 Å². The van der Waals surface area contributed by atoms with Crippen LogP contribution in [0.3, 0.4) is 0 Å². The van der Waals surface area contributed by atoms with Crippen molar-refractivity contribution in [2.45, 2.75) is 207 Å². The fraction of sp³-hybridized carbons (Fsp3) is 1.00. The van der Waals surface area contributed by atoms with E-state index in [0.717, 1.165) is 25.7 Å². The minimum absolute atomic E-state index is 0.314. The van der Waals surface area contributed by atoms with Gasteiger partial charge in [-0.05, 0) is 51.7 Å². The third-order valence-corrected chi connectivity index (χ3v) is 9.80. The first kappa shape index (κ1) is 43.1. The minimum Gasteiger partial charge on any atom is -0.303 e. The first-order valence-electron chi connectivity index (χ1n) is 19.4. The van der Waals surface area contributed by atoms with Crippen LogP contribution >= 0.6 is 7.82 Å². The molecule has 1 N–H and O–H groups in total. The molecule has 0 saturated carbocycles. The van der Waals surface area contributed by atoms with E-state index in [1.54, 1.807) is 0 Å². The lowest BCUT2D eigenvalue weighted by Crippen LogP contribution is -2.27. The average Bonchev–Trinajstić information content (AvgIpc) is 2.99. The van der Waals surface area contributed by atoms with Crippen LogP contribution in [0.4, 0.5) is 0 Å². The highest BCUT2D eigenvalue weighted by Gasteiger charge is 2.20. The molecular formula is C37H78NO4P. The Kier molecular flexibility index (Phi) is 35.0. The third kappa shape index (κ3) is 34.8. The van der Waals surface area contributed by atoms with Gasteiger partial charge in [0.2, 0.25) is 0 Å². The zero-order valence-corrected chi connectivity index (χ0v) is 30.5. The second-order valence-corrected chi connectivity index (χ2v) is 14.6. The van der Waals surface area contributed by atoms with Gasteiger partial charge in [-0.2, -0.15) is 0 Å². The lowest BCUT2D eigenvalue weighted by Gasteiger charge is -2.22. The Morgan fingerprint density at radius 1 is 0.395 bits per heavy atom. The summed E-state index contributed by atoms with van der Waals surface area (Å²) in [6.45, 7) is 11.2. The van der Waals surface area contributed by atoms with E-state index in [9.17, 15) is 9.46 Å². The molecule has 0 aliphatic carbocycles. The molecule has 1 unspecified atom stereocenters. The molecule has 0 radical (unpaired) electrons. The molecule has 0 aliphatic heterocycles. The van der Waals surface area contributed by atoms with Crippen LogP contribution in [0.1, 0.15) is 207 Å². The number of hydrogen-bond acceptors (Lipinski definition) is 4. The summed E-state index contributed by atoms with van der Waals surface area (Å²) in [7, 11) is -3.89. The number of nitrogens with zero attached hydrogens (tertiary/aromatic N) is 1. The maximum Gasteiger partial charge on any atom is 0.472 e. The van der Waals surface area contributed by atoms with Crippen LogP contribution in [-0.2, 0) is 13.6 Å². The molecule has 0 spiro atoms. The molecule has 0 aromatic heterocycles. The number of rotatable bonds is 37. The quantitative estimate of drug-likeness (QED) is 0.0546. The monoisotopic (exact) mass is 632 g/mol. The van der Waals surface area contributed by atoms with Gasteiger partial charge in [0, 0.05) is 0 Å².